The second kappa shape index (κ2) is 25.5. The standard InChI is InChI=1S/C34H55N3O7/c1-2-3-4-5-6-7-8-9-10-11-12-13-14-15-16-17-18-19-20-24-29(39)36-25-22-21-23-27(35)33(42)37-30-32(41)31(40)28(26-38)44-34(30)43/h3-4,6-7,9-10,12-13,15-16,18-19,27-28,30-32,34,38,40-41,43H,2,5,8,11,14,17,20-26,35H2,1H3,(H,36,39)(H,37,42)/t27-,28+,30+,31+,32+,34+/m0/s1. The lowest BCUT2D eigenvalue weighted by Crippen LogP contribution is -2.65. The van der Waals surface area contributed by atoms with Crippen LogP contribution in [0.15, 0.2) is 72.9 Å². The predicted octanol–water partition coefficient (Wildman–Crippen LogP) is 2.99. The van der Waals surface area contributed by atoms with Crippen LogP contribution in [0.3, 0.4) is 0 Å². The summed E-state index contributed by atoms with van der Waals surface area (Å²) >= 11 is 0. The van der Waals surface area contributed by atoms with Gasteiger partial charge >= 0.3 is 0 Å². The number of hydrogen-bond acceptors (Lipinski definition) is 8. The molecule has 0 aliphatic carbocycles. The van der Waals surface area contributed by atoms with Crippen LogP contribution in [0.5, 0.6) is 0 Å². The molecule has 0 spiro atoms. The largest absolute Gasteiger partial charge is 0.394 e. The molecule has 1 rings (SSSR count). The van der Waals surface area contributed by atoms with Crippen molar-refractivity contribution in [2.45, 2.75) is 114 Å². The Kier molecular flexibility index (Phi) is 22.7. The van der Waals surface area contributed by atoms with Gasteiger partial charge in [0.1, 0.15) is 24.4 Å². The van der Waals surface area contributed by atoms with E-state index in [9.17, 15) is 24.9 Å². The zero-order valence-corrected chi connectivity index (χ0v) is 26.2. The molecular formula is C34H55N3O7. The van der Waals surface area contributed by atoms with Gasteiger partial charge in [-0.2, -0.15) is 0 Å². The number of amides is 2. The van der Waals surface area contributed by atoms with Gasteiger partial charge in [-0.25, -0.2) is 0 Å². The molecule has 44 heavy (non-hydrogen) atoms. The van der Waals surface area contributed by atoms with E-state index in [0.717, 1.165) is 38.5 Å². The van der Waals surface area contributed by atoms with E-state index in [1.165, 1.54) is 0 Å². The number of aliphatic hydroxyl groups is 4. The molecule has 8 N–H and O–H groups in total. The molecule has 0 aromatic heterocycles. The van der Waals surface area contributed by atoms with Gasteiger partial charge in [-0.1, -0.05) is 79.8 Å². The first kappa shape index (κ1) is 39.2. The molecule has 0 bridgehead atoms. The van der Waals surface area contributed by atoms with Gasteiger partial charge in [0.25, 0.3) is 0 Å². The average molecular weight is 618 g/mol. The average Bonchev–Trinajstić information content (AvgIpc) is 3.01. The van der Waals surface area contributed by atoms with E-state index in [1.807, 2.05) is 6.08 Å². The highest BCUT2D eigenvalue weighted by atomic mass is 16.6. The highest BCUT2D eigenvalue weighted by Gasteiger charge is 2.44. The molecule has 0 aromatic carbocycles. The van der Waals surface area contributed by atoms with Crippen molar-refractivity contribution in [1.82, 2.24) is 10.6 Å². The Labute approximate surface area is 263 Å². The smallest absolute Gasteiger partial charge is 0.237 e. The normalized spacial score (nSPS) is 23.6. The van der Waals surface area contributed by atoms with Crippen LogP contribution in [0.1, 0.15) is 77.6 Å². The summed E-state index contributed by atoms with van der Waals surface area (Å²) in [6, 6.07) is -2.17. The molecule has 1 aliphatic heterocycles. The number of nitrogens with two attached hydrogens (primary N) is 1. The number of allylic oxidation sites excluding steroid dienone is 12. The quantitative estimate of drug-likeness (QED) is 0.0717. The monoisotopic (exact) mass is 617 g/mol. The lowest BCUT2D eigenvalue weighted by molar-refractivity contribution is -0.253. The maximum absolute atomic E-state index is 12.3. The van der Waals surface area contributed by atoms with Gasteiger partial charge in [0.2, 0.25) is 11.8 Å². The van der Waals surface area contributed by atoms with Gasteiger partial charge < -0.3 is 41.5 Å². The summed E-state index contributed by atoms with van der Waals surface area (Å²) in [6.07, 6.45) is 28.4. The molecule has 0 aromatic rings. The van der Waals surface area contributed by atoms with Crippen molar-refractivity contribution in [3.8, 4) is 0 Å². The van der Waals surface area contributed by atoms with E-state index in [0.29, 0.717) is 38.6 Å². The van der Waals surface area contributed by atoms with Crippen LogP contribution in [0.25, 0.3) is 0 Å². The summed E-state index contributed by atoms with van der Waals surface area (Å²) in [5, 5.41) is 44.4. The molecule has 1 fully saturated rings. The van der Waals surface area contributed by atoms with Crippen molar-refractivity contribution in [2.75, 3.05) is 13.2 Å². The first-order chi connectivity index (χ1) is 21.3. The van der Waals surface area contributed by atoms with Gasteiger partial charge in [-0.15, -0.1) is 0 Å². The SMILES string of the molecule is CCC=CCC=CCC=CCC=CCC=CCC=CCCC(=O)NCCCC[C@H](N)C(=O)N[C@@H]1[C@@H](O)[C@H](O)[C@@H](CO)O[C@H]1O. The number of carbonyl (C=O) groups is 2. The third-order valence-corrected chi connectivity index (χ3v) is 6.94. The first-order valence-electron chi connectivity index (χ1n) is 15.8. The second-order valence-corrected chi connectivity index (χ2v) is 10.7. The van der Waals surface area contributed by atoms with Gasteiger partial charge in [-0.05, 0) is 64.2 Å². The van der Waals surface area contributed by atoms with Crippen LogP contribution in [-0.4, -0.2) is 82.1 Å². The number of ether oxygens (including phenoxy) is 1. The number of nitrogens with one attached hydrogen (secondary N) is 2. The molecular weight excluding hydrogens is 562 g/mol. The van der Waals surface area contributed by atoms with Crippen LogP contribution in [0.4, 0.5) is 0 Å². The molecule has 0 unspecified atom stereocenters. The second-order valence-electron chi connectivity index (χ2n) is 10.7. The predicted molar refractivity (Wildman–Crippen MR) is 174 cm³/mol. The van der Waals surface area contributed by atoms with Crippen LogP contribution < -0.4 is 16.4 Å². The summed E-state index contributed by atoms with van der Waals surface area (Å²) < 4.78 is 5.02. The molecule has 1 heterocycles. The van der Waals surface area contributed by atoms with E-state index in [1.54, 1.807) is 0 Å². The number of aliphatic hydroxyl groups excluding tert-OH is 4. The Bertz CT molecular complexity index is 961. The van der Waals surface area contributed by atoms with Crippen LogP contribution >= 0.6 is 0 Å². The lowest BCUT2D eigenvalue weighted by atomic mass is 9.96. The molecule has 10 heteroatoms. The van der Waals surface area contributed by atoms with Crippen molar-refractivity contribution in [1.29, 1.82) is 0 Å². The maximum atomic E-state index is 12.3. The van der Waals surface area contributed by atoms with Crippen LogP contribution in [0.2, 0.25) is 0 Å². The number of rotatable bonds is 22. The minimum Gasteiger partial charge on any atom is -0.394 e. The van der Waals surface area contributed by atoms with E-state index < -0.39 is 49.2 Å². The fourth-order valence-corrected chi connectivity index (χ4v) is 4.31. The summed E-state index contributed by atoms with van der Waals surface area (Å²) in [5.74, 6) is -0.640. The minimum atomic E-state index is -1.59. The highest BCUT2D eigenvalue weighted by Crippen LogP contribution is 2.20. The Morgan fingerprint density at radius 2 is 1.32 bits per heavy atom. The topological polar surface area (TPSA) is 174 Å². The molecule has 1 aliphatic rings. The zero-order valence-electron chi connectivity index (χ0n) is 26.2. The molecule has 6 atom stereocenters. The van der Waals surface area contributed by atoms with E-state index >= 15 is 0 Å². The minimum absolute atomic E-state index is 0.0356. The molecule has 2 amide bonds. The fourth-order valence-electron chi connectivity index (χ4n) is 4.31. The molecule has 0 radical (unpaired) electrons. The van der Waals surface area contributed by atoms with Crippen LogP contribution in [-0.2, 0) is 14.3 Å². The van der Waals surface area contributed by atoms with Crippen molar-refractivity contribution in [3.05, 3.63) is 72.9 Å². The number of carbonyl (C=O) groups excluding carboxylic acids is 2. The molecule has 248 valence electrons. The molecule has 10 nitrogen and oxygen atoms in total. The first-order valence-corrected chi connectivity index (χ1v) is 15.8. The summed E-state index contributed by atoms with van der Waals surface area (Å²) in [4.78, 5) is 24.4. The van der Waals surface area contributed by atoms with Gasteiger partial charge in [0.05, 0.1) is 12.6 Å². The Morgan fingerprint density at radius 1 is 0.795 bits per heavy atom. The van der Waals surface area contributed by atoms with Crippen molar-refractivity contribution in [2.24, 2.45) is 5.73 Å². The molecule has 0 saturated carbocycles. The van der Waals surface area contributed by atoms with Crippen molar-refractivity contribution < 1.29 is 34.8 Å². The van der Waals surface area contributed by atoms with Gasteiger partial charge in [0, 0.05) is 13.0 Å². The highest BCUT2D eigenvalue weighted by molar-refractivity contribution is 5.81. The van der Waals surface area contributed by atoms with E-state index in [-0.39, 0.29) is 5.91 Å². The van der Waals surface area contributed by atoms with Gasteiger partial charge in [-0.3, -0.25) is 9.59 Å². The summed E-state index contributed by atoms with van der Waals surface area (Å²) in [7, 11) is 0. The third-order valence-electron chi connectivity index (χ3n) is 6.94. The number of unbranched alkanes of at least 4 members (excludes halogenated alkanes) is 1. The van der Waals surface area contributed by atoms with Crippen molar-refractivity contribution in [3.63, 3.8) is 0 Å². The van der Waals surface area contributed by atoms with E-state index in [2.05, 4.69) is 84.4 Å². The van der Waals surface area contributed by atoms with Crippen molar-refractivity contribution >= 4 is 11.8 Å². The lowest BCUT2D eigenvalue weighted by Gasteiger charge is -2.40. The summed E-state index contributed by atoms with van der Waals surface area (Å²) in [6.45, 7) is 2.02. The Morgan fingerprint density at radius 3 is 1.84 bits per heavy atom. The zero-order chi connectivity index (χ0) is 32.4. The maximum Gasteiger partial charge on any atom is 0.237 e. The van der Waals surface area contributed by atoms with E-state index in [4.69, 9.17) is 15.6 Å². The molecule has 1 saturated heterocycles. The third kappa shape index (κ3) is 18.1. The van der Waals surface area contributed by atoms with Crippen LogP contribution in [0, 0.1) is 0 Å². The van der Waals surface area contributed by atoms with Gasteiger partial charge in [0.15, 0.2) is 6.29 Å². The number of hydrogen-bond donors (Lipinski definition) is 7. The Balaban J connectivity index is 2.05. The fraction of sp³-hybridized carbons (Fsp3) is 0.588. The Hall–Kier alpha value is -2.86. The summed E-state index contributed by atoms with van der Waals surface area (Å²) in [5.41, 5.74) is 5.91.